The summed E-state index contributed by atoms with van der Waals surface area (Å²) in [4.78, 5) is 1.13. The summed E-state index contributed by atoms with van der Waals surface area (Å²) in [6.45, 7) is 2.84. The Balaban J connectivity index is 2.59. The highest BCUT2D eigenvalue weighted by Crippen LogP contribution is 2.25. The van der Waals surface area contributed by atoms with E-state index in [1.54, 1.807) is 17.8 Å². The molecule has 1 heterocycles. The molecule has 0 spiro atoms. The van der Waals surface area contributed by atoms with Crippen LogP contribution in [-0.2, 0) is 4.74 Å². The van der Waals surface area contributed by atoms with Crippen LogP contribution in [0.5, 0.6) is 0 Å². The van der Waals surface area contributed by atoms with Crippen molar-refractivity contribution in [1.82, 2.24) is 0 Å². The molecule has 0 saturated carbocycles. The standard InChI is InChI=1S/C8H12O2S/c1-7-8(3-2-4-9)11-6-5-10-7/h2-3,9H,4-6H2,1H3/b3-2-. The van der Waals surface area contributed by atoms with E-state index in [-0.39, 0.29) is 6.61 Å². The lowest BCUT2D eigenvalue weighted by Gasteiger charge is -2.15. The molecule has 0 aromatic rings. The Labute approximate surface area is 70.9 Å². The number of aliphatic hydroxyl groups is 1. The third kappa shape index (κ3) is 2.60. The monoisotopic (exact) mass is 172 g/mol. The molecule has 0 saturated heterocycles. The lowest BCUT2D eigenvalue weighted by Crippen LogP contribution is -2.03. The maximum Gasteiger partial charge on any atom is 0.106 e. The van der Waals surface area contributed by atoms with Gasteiger partial charge >= 0.3 is 0 Å². The number of rotatable bonds is 2. The molecule has 0 aromatic carbocycles. The SMILES string of the molecule is CC1=C(/C=C\CO)SCCO1. The van der Waals surface area contributed by atoms with Gasteiger partial charge in [-0.2, -0.15) is 0 Å². The van der Waals surface area contributed by atoms with Gasteiger partial charge in [0.25, 0.3) is 0 Å². The molecule has 0 amide bonds. The highest BCUT2D eigenvalue weighted by molar-refractivity contribution is 8.03. The maximum atomic E-state index is 8.52. The van der Waals surface area contributed by atoms with E-state index in [2.05, 4.69) is 0 Å². The number of ether oxygens (including phenoxy) is 1. The van der Waals surface area contributed by atoms with Crippen LogP contribution in [0.25, 0.3) is 0 Å². The van der Waals surface area contributed by atoms with Gasteiger partial charge in [0.15, 0.2) is 0 Å². The smallest absolute Gasteiger partial charge is 0.106 e. The lowest BCUT2D eigenvalue weighted by molar-refractivity contribution is 0.230. The Morgan fingerprint density at radius 1 is 1.73 bits per heavy atom. The molecule has 0 unspecified atom stereocenters. The van der Waals surface area contributed by atoms with Crippen molar-refractivity contribution in [3.63, 3.8) is 0 Å². The molecule has 0 fully saturated rings. The van der Waals surface area contributed by atoms with Crippen LogP contribution in [0.15, 0.2) is 22.8 Å². The molecule has 0 aromatic heterocycles. The van der Waals surface area contributed by atoms with Gasteiger partial charge in [0, 0.05) is 10.7 Å². The Morgan fingerprint density at radius 3 is 3.18 bits per heavy atom. The minimum absolute atomic E-state index is 0.0946. The van der Waals surface area contributed by atoms with Gasteiger partial charge < -0.3 is 9.84 Å². The third-order valence-electron chi connectivity index (χ3n) is 1.38. The van der Waals surface area contributed by atoms with E-state index >= 15 is 0 Å². The molecule has 3 heteroatoms. The van der Waals surface area contributed by atoms with E-state index in [4.69, 9.17) is 9.84 Å². The van der Waals surface area contributed by atoms with Crippen molar-refractivity contribution in [2.24, 2.45) is 0 Å². The van der Waals surface area contributed by atoms with Crippen molar-refractivity contribution in [2.75, 3.05) is 19.0 Å². The normalized spacial score (nSPS) is 19.1. The van der Waals surface area contributed by atoms with Crippen LogP contribution in [0.2, 0.25) is 0 Å². The van der Waals surface area contributed by atoms with Crippen molar-refractivity contribution < 1.29 is 9.84 Å². The first-order valence-corrected chi connectivity index (χ1v) is 4.57. The van der Waals surface area contributed by atoms with E-state index in [1.807, 2.05) is 13.0 Å². The molecular weight excluding hydrogens is 160 g/mol. The molecule has 0 aliphatic carbocycles. The van der Waals surface area contributed by atoms with Gasteiger partial charge in [-0.3, -0.25) is 0 Å². The zero-order valence-corrected chi connectivity index (χ0v) is 7.36. The van der Waals surface area contributed by atoms with Crippen LogP contribution in [0.1, 0.15) is 6.92 Å². The van der Waals surface area contributed by atoms with Gasteiger partial charge in [0.05, 0.1) is 13.2 Å². The zero-order chi connectivity index (χ0) is 8.10. The van der Waals surface area contributed by atoms with Crippen LogP contribution in [-0.4, -0.2) is 24.1 Å². The number of thioether (sulfide) groups is 1. The topological polar surface area (TPSA) is 29.5 Å². The van der Waals surface area contributed by atoms with Crippen molar-refractivity contribution in [1.29, 1.82) is 0 Å². The zero-order valence-electron chi connectivity index (χ0n) is 6.54. The Morgan fingerprint density at radius 2 is 2.55 bits per heavy atom. The Bertz CT molecular complexity index is 185. The average molecular weight is 172 g/mol. The van der Waals surface area contributed by atoms with Crippen molar-refractivity contribution in [3.8, 4) is 0 Å². The summed E-state index contributed by atoms with van der Waals surface area (Å²) in [5.74, 6) is 1.97. The summed E-state index contributed by atoms with van der Waals surface area (Å²) in [5, 5.41) is 8.52. The molecule has 0 radical (unpaired) electrons. The second kappa shape index (κ2) is 4.46. The quantitative estimate of drug-likeness (QED) is 0.685. The Kier molecular flexibility index (Phi) is 3.52. The highest BCUT2D eigenvalue weighted by atomic mass is 32.2. The van der Waals surface area contributed by atoms with E-state index < -0.39 is 0 Å². The molecule has 2 nitrogen and oxygen atoms in total. The first-order valence-electron chi connectivity index (χ1n) is 3.58. The summed E-state index contributed by atoms with van der Waals surface area (Å²) in [6, 6.07) is 0. The fourth-order valence-corrected chi connectivity index (χ4v) is 1.69. The van der Waals surface area contributed by atoms with Gasteiger partial charge in [-0.15, -0.1) is 11.8 Å². The first kappa shape index (κ1) is 8.68. The van der Waals surface area contributed by atoms with Crippen LogP contribution >= 0.6 is 11.8 Å². The Hall–Kier alpha value is -0.410. The number of aliphatic hydroxyl groups excluding tert-OH is 1. The molecule has 62 valence electrons. The second-order valence-electron chi connectivity index (χ2n) is 2.20. The number of allylic oxidation sites excluding steroid dienone is 2. The molecular formula is C8H12O2S. The lowest BCUT2D eigenvalue weighted by atomic mass is 10.4. The predicted octanol–water partition coefficient (Wildman–Crippen LogP) is 1.53. The minimum Gasteiger partial charge on any atom is -0.496 e. The molecule has 1 rings (SSSR count). The molecule has 1 N–H and O–H groups in total. The van der Waals surface area contributed by atoms with Gasteiger partial charge in [0.2, 0.25) is 0 Å². The molecule has 11 heavy (non-hydrogen) atoms. The predicted molar refractivity (Wildman–Crippen MR) is 47.3 cm³/mol. The fraction of sp³-hybridized carbons (Fsp3) is 0.500. The minimum atomic E-state index is 0.0946. The largest absolute Gasteiger partial charge is 0.496 e. The average Bonchev–Trinajstić information content (AvgIpc) is 2.03. The summed E-state index contributed by atoms with van der Waals surface area (Å²) in [5.41, 5.74) is 0. The van der Waals surface area contributed by atoms with Gasteiger partial charge in [-0.25, -0.2) is 0 Å². The van der Waals surface area contributed by atoms with E-state index in [0.29, 0.717) is 0 Å². The summed E-state index contributed by atoms with van der Waals surface area (Å²) in [6.07, 6.45) is 3.62. The third-order valence-corrected chi connectivity index (χ3v) is 2.49. The maximum absolute atomic E-state index is 8.52. The second-order valence-corrected chi connectivity index (χ2v) is 3.34. The van der Waals surface area contributed by atoms with E-state index in [0.717, 1.165) is 23.0 Å². The van der Waals surface area contributed by atoms with Crippen molar-refractivity contribution >= 4 is 11.8 Å². The summed E-state index contributed by atoms with van der Waals surface area (Å²) in [7, 11) is 0. The first-order chi connectivity index (χ1) is 5.34. The van der Waals surface area contributed by atoms with E-state index in [9.17, 15) is 0 Å². The molecule has 0 bridgehead atoms. The molecule has 1 aliphatic heterocycles. The van der Waals surface area contributed by atoms with Crippen molar-refractivity contribution in [2.45, 2.75) is 6.92 Å². The van der Waals surface area contributed by atoms with Crippen LogP contribution in [0.4, 0.5) is 0 Å². The van der Waals surface area contributed by atoms with Gasteiger partial charge in [-0.1, -0.05) is 6.08 Å². The molecule has 0 atom stereocenters. The van der Waals surface area contributed by atoms with Gasteiger partial charge in [0.1, 0.15) is 5.76 Å². The number of hydrogen-bond donors (Lipinski definition) is 1. The highest BCUT2D eigenvalue weighted by Gasteiger charge is 2.06. The molecule has 1 aliphatic rings. The van der Waals surface area contributed by atoms with Crippen LogP contribution in [0.3, 0.4) is 0 Å². The fourth-order valence-electron chi connectivity index (χ4n) is 0.844. The summed E-state index contributed by atoms with van der Waals surface area (Å²) < 4.78 is 5.31. The van der Waals surface area contributed by atoms with E-state index in [1.165, 1.54) is 0 Å². The van der Waals surface area contributed by atoms with Crippen LogP contribution in [0, 0.1) is 0 Å². The van der Waals surface area contributed by atoms with Crippen molar-refractivity contribution in [3.05, 3.63) is 22.8 Å². The number of hydrogen-bond acceptors (Lipinski definition) is 3. The van der Waals surface area contributed by atoms with Crippen LogP contribution < -0.4 is 0 Å². The summed E-state index contributed by atoms with van der Waals surface area (Å²) >= 11 is 1.77. The van der Waals surface area contributed by atoms with Gasteiger partial charge in [-0.05, 0) is 13.0 Å².